The van der Waals surface area contributed by atoms with E-state index in [4.69, 9.17) is 4.74 Å². The molecule has 28 heavy (non-hydrogen) atoms. The number of nitrogens with one attached hydrogen (secondary N) is 1. The second-order valence-electron chi connectivity index (χ2n) is 6.43. The number of carbonyl (C=O) groups excluding carboxylic acids is 2. The maximum Gasteiger partial charge on any atom is 0.320 e. The van der Waals surface area contributed by atoms with E-state index in [9.17, 15) is 9.59 Å². The molecule has 8 heteroatoms. The maximum absolute atomic E-state index is 12.2. The summed E-state index contributed by atoms with van der Waals surface area (Å²) in [5.74, 6) is -0.370. The van der Waals surface area contributed by atoms with Crippen molar-refractivity contribution in [3.05, 3.63) is 68.9 Å². The molecule has 0 fully saturated rings. The summed E-state index contributed by atoms with van der Waals surface area (Å²) in [5.41, 5.74) is 1.98. The Morgan fingerprint density at radius 1 is 1.18 bits per heavy atom. The van der Waals surface area contributed by atoms with E-state index < -0.39 is 0 Å². The van der Waals surface area contributed by atoms with Gasteiger partial charge in [-0.25, -0.2) is 4.98 Å². The van der Waals surface area contributed by atoms with E-state index in [1.807, 2.05) is 41.8 Å². The number of fused-ring (bicyclic) bond motifs is 1. The van der Waals surface area contributed by atoms with Crippen molar-refractivity contribution >= 4 is 39.7 Å². The highest BCUT2D eigenvalue weighted by molar-refractivity contribution is 7.16. The summed E-state index contributed by atoms with van der Waals surface area (Å²) < 4.78 is 5.37. The Hall–Kier alpha value is -2.55. The van der Waals surface area contributed by atoms with Crippen LogP contribution >= 0.6 is 22.7 Å². The van der Waals surface area contributed by atoms with Gasteiger partial charge in [0, 0.05) is 24.4 Å². The molecule has 1 aromatic carbocycles. The lowest BCUT2D eigenvalue weighted by atomic mass is 10.2. The van der Waals surface area contributed by atoms with Gasteiger partial charge in [0.2, 0.25) is 0 Å². The average molecular weight is 414 g/mol. The number of rotatable bonds is 6. The number of carbonyl (C=O) groups is 2. The van der Waals surface area contributed by atoms with Crippen LogP contribution in [0.25, 0.3) is 0 Å². The van der Waals surface area contributed by atoms with Gasteiger partial charge in [0.1, 0.15) is 6.61 Å². The van der Waals surface area contributed by atoms with Gasteiger partial charge >= 0.3 is 5.97 Å². The second-order valence-corrected chi connectivity index (χ2v) is 8.46. The number of esters is 1. The number of amides is 1. The zero-order chi connectivity index (χ0) is 19.3. The largest absolute Gasteiger partial charge is 0.460 e. The van der Waals surface area contributed by atoms with Crippen LogP contribution in [0.15, 0.2) is 47.8 Å². The van der Waals surface area contributed by atoms with Crippen LogP contribution in [-0.2, 0) is 29.1 Å². The molecule has 3 aromatic rings. The van der Waals surface area contributed by atoms with Gasteiger partial charge in [-0.15, -0.1) is 22.7 Å². The third kappa shape index (κ3) is 4.64. The van der Waals surface area contributed by atoms with Gasteiger partial charge < -0.3 is 4.74 Å². The Balaban J connectivity index is 1.30. The minimum absolute atomic E-state index is 0.137. The van der Waals surface area contributed by atoms with Crippen molar-refractivity contribution in [3.63, 3.8) is 0 Å². The first kappa shape index (κ1) is 18.8. The maximum atomic E-state index is 12.2. The van der Waals surface area contributed by atoms with Crippen molar-refractivity contribution in [1.29, 1.82) is 0 Å². The summed E-state index contributed by atoms with van der Waals surface area (Å²) in [6.45, 7) is 1.93. The highest BCUT2D eigenvalue weighted by Gasteiger charge is 2.23. The van der Waals surface area contributed by atoms with Crippen molar-refractivity contribution in [2.75, 3.05) is 18.4 Å². The second kappa shape index (κ2) is 8.64. The summed E-state index contributed by atoms with van der Waals surface area (Å²) in [4.78, 5) is 32.7. The SMILES string of the molecule is O=C(CN1CCc2nc(NC(=O)c3cccs3)sc2C1)OCc1ccccc1. The summed E-state index contributed by atoms with van der Waals surface area (Å²) in [7, 11) is 0. The predicted molar refractivity (Wildman–Crippen MR) is 110 cm³/mol. The lowest BCUT2D eigenvalue weighted by Crippen LogP contribution is -2.35. The monoisotopic (exact) mass is 413 g/mol. The molecule has 1 aliphatic heterocycles. The highest BCUT2D eigenvalue weighted by Crippen LogP contribution is 2.28. The Kier molecular flexibility index (Phi) is 5.80. The fourth-order valence-electron chi connectivity index (χ4n) is 2.97. The molecular weight excluding hydrogens is 394 g/mol. The zero-order valence-electron chi connectivity index (χ0n) is 15.1. The normalized spacial score (nSPS) is 13.7. The van der Waals surface area contributed by atoms with E-state index >= 15 is 0 Å². The molecule has 3 heterocycles. The van der Waals surface area contributed by atoms with Gasteiger partial charge in [-0.1, -0.05) is 36.4 Å². The van der Waals surface area contributed by atoms with Gasteiger partial charge in [0.15, 0.2) is 5.13 Å². The Bertz CT molecular complexity index is 955. The molecule has 0 saturated heterocycles. The van der Waals surface area contributed by atoms with E-state index in [1.54, 1.807) is 6.07 Å². The minimum Gasteiger partial charge on any atom is -0.460 e. The molecule has 0 radical (unpaired) electrons. The van der Waals surface area contributed by atoms with Crippen LogP contribution < -0.4 is 5.32 Å². The van der Waals surface area contributed by atoms with Crippen LogP contribution in [0.1, 0.15) is 25.8 Å². The van der Waals surface area contributed by atoms with Gasteiger partial charge in [-0.2, -0.15) is 0 Å². The standard InChI is InChI=1S/C20H19N3O3S2/c24-18(26-13-14-5-2-1-3-6-14)12-23-9-8-15-17(11-23)28-20(21-15)22-19(25)16-7-4-10-27-16/h1-7,10H,8-9,11-13H2,(H,21,22,25). The number of nitrogens with zero attached hydrogens (tertiary/aromatic N) is 2. The van der Waals surface area contributed by atoms with Crippen molar-refractivity contribution < 1.29 is 14.3 Å². The van der Waals surface area contributed by atoms with E-state index in [0.717, 1.165) is 29.1 Å². The molecule has 0 spiro atoms. The molecule has 1 aliphatic rings. The van der Waals surface area contributed by atoms with Crippen LogP contribution in [0.5, 0.6) is 0 Å². The molecule has 6 nitrogen and oxygen atoms in total. The smallest absolute Gasteiger partial charge is 0.320 e. The highest BCUT2D eigenvalue weighted by atomic mass is 32.1. The van der Waals surface area contributed by atoms with Gasteiger partial charge in [-0.05, 0) is 17.0 Å². The third-order valence-corrected chi connectivity index (χ3v) is 6.24. The van der Waals surface area contributed by atoms with Crippen molar-refractivity contribution in [2.45, 2.75) is 19.6 Å². The third-order valence-electron chi connectivity index (χ3n) is 4.37. The molecule has 0 atom stereocenters. The molecule has 0 aliphatic carbocycles. The van der Waals surface area contributed by atoms with Crippen LogP contribution in [0.3, 0.4) is 0 Å². The van der Waals surface area contributed by atoms with E-state index in [-0.39, 0.29) is 25.0 Å². The van der Waals surface area contributed by atoms with Gasteiger partial charge in [0.05, 0.1) is 17.1 Å². The molecule has 144 valence electrons. The minimum atomic E-state index is -0.233. The molecule has 0 saturated carbocycles. The van der Waals surface area contributed by atoms with Crippen LogP contribution in [0.4, 0.5) is 5.13 Å². The number of ether oxygens (including phenoxy) is 1. The van der Waals surface area contributed by atoms with E-state index in [1.165, 1.54) is 22.7 Å². The molecule has 0 bridgehead atoms. The Labute approximate surface area is 170 Å². The molecule has 1 N–H and O–H groups in total. The quantitative estimate of drug-likeness (QED) is 0.626. The molecule has 4 rings (SSSR count). The average Bonchev–Trinajstić information content (AvgIpc) is 3.36. The van der Waals surface area contributed by atoms with Crippen molar-refractivity contribution in [1.82, 2.24) is 9.88 Å². The first-order valence-electron chi connectivity index (χ1n) is 8.93. The van der Waals surface area contributed by atoms with Crippen molar-refractivity contribution in [2.24, 2.45) is 0 Å². The van der Waals surface area contributed by atoms with Crippen LogP contribution in [0.2, 0.25) is 0 Å². The van der Waals surface area contributed by atoms with Crippen molar-refractivity contribution in [3.8, 4) is 0 Å². The lowest BCUT2D eigenvalue weighted by Gasteiger charge is -2.24. The van der Waals surface area contributed by atoms with Crippen LogP contribution in [0, 0.1) is 0 Å². The zero-order valence-corrected chi connectivity index (χ0v) is 16.7. The number of hydrogen-bond acceptors (Lipinski definition) is 7. The molecular formula is C20H19N3O3S2. The number of thiazole rings is 1. The summed E-state index contributed by atoms with van der Waals surface area (Å²) in [5, 5.41) is 5.34. The summed E-state index contributed by atoms with van der Waals surface area (Å²) >= 11 is 2.87. The molecule has 0 unspecified atom stereocenters. The predicted octanol–water partition coefficient (Wildman–Crippen LogP) is 3.56. The molecule has 2 aromatic heterocycles. The first-order valence-corrected chi connectivity index (χ1v) is 10.6. The number of thiophene rings is 1. The summed E-state index contributed by atoms with van der Waals surface area (Å²) in [6.07, 6.45) is 0.757. The lowest BCUT2D eigenvalue weighted by molar-refractivity contribution is -0.146. The fraction of sp³-hybridized carbons (Fsp3) is 0.250. The number of benzene rings is 1. The number of hydrogen-bond donors (Lipinski definition) is 1. The van der Waals surface area contributed by atoms with E-state index in [0.29, 0.717) is 16.6 Å². The van der Waals surface area contributed by atoms with Crippen LogP contribution in [-0.4, -0.2) is 34.8 Å². The van der Waals surface area contributed by atoms with E-state index in [2.05, 4.69) is 15.2 Å². The first-order chi connectivity index (χ1) is 13.7. The number of anilines is 1. The van der Waals surface area contributed by atoms with Gasteiger partial charge in [0.25, 0.3) is 5.91 Å². The van der Waals surface area contributed by atoms with Gasteiger partial charge in [-0.3, -0.25) is 19.8 Å². The summed E-state index contributed by atoms with van der Waals surface area (Å²) in [6, 6.07) is 13.3. The topological polar surface area (TPSA) is 71.5 Å². The molecule has 1 amide bonds. The number of aromatic nitrogens is 1. The fourth-order valence-corrected chi connectivity index (χ4v) is 4.63. The Morgan fingerprint density at radius 3 is 2.82 bits per heavy atom. The Morgan fingerprint density at radius 2 is 2.04 bits per heavy atom.